The molecule has 1 amide bonds. The fraction of sp³-hybridized carbons (Fsp3) is 0.261. The molecule has 0 aliphatic carbocycles. The molecule has 0 saturated carbocycles. The molecule has 0 fully saturated rings. The van der Waals surface area contributed by atoms with Gasteiger partial charge in [0.15, 0.2) is 0 Å². The molecule has 5 nitrogen and oxygen atoms in total. The van der Waals surface area contributed by atoms with Crippen molar-refractivity contribution in [2.75, 3.05) is 11.9 Å². The molecular weight excluding hydrogens is 354 g/mol. The van der Waals surface area contributed by atoms with Crippen LogP contribution >= 0.6 is 0 Å². The van der Waals surface area contributed by atoms with Gasteiger partial charge >= 0.3 is 6.09 Å². The molecule has 3 rings (SSSR count). The molecule has 3 aromatic carbocycles. The topological polar surface area (TPSA) is 78.8 Å². The molecule has 0 aromatic heterocycles. The zero-order valence-electron chi connectivity index (χ0n) is 16.1. The van der Waals surface area contributed by atoms with Crippen molar-refractivity contribution in [3.8, 4) is 5.75 Å². The smallest absolute Gasteiger partial charge is 0.412 e. The number of phenols is 1. The largest absolute Gasteiger partial charge is 0.507 e. The number of para-hydroxylation sites is 1. The average Bonchev–Trinajstić information content (AvgIpc) is 2.68. The molecule has 0 saturated heterocycles. The summed E-state index contributed by atoms with van der Waals surface area (Å²) in [7, 11) is 0. The van der Waals surface area contributed by atoms with Crippen molar-refractivity contribution in [2.24, 2.45) is 5.41 Å². The average molecular weight is 379 g/mol. The number of amides is 1. The Balaban J connectivity index is 1.99. The maximum atomic E-state index is 12.6. The Kier molecular flexibility index (Phi) is 5.85. The van der Waals surface area contributed by atoms with Crippen LogP contribution in [0.5, 0.6) is 5.75 Å². The van der Waals surface area contributed by atoms with Crippen LogP contribution in [0.1, 0.15) is 31.9 Å². The van der Waals surface area contributed by atoms with Gasteiger partial charge in [-0.15, -0.1) is 0 Å². The molecule has 0 bridgehead atoms. The number of aliphatic hydroxyl groups excluding tert-OH is 1. The zero-order chi connectivity index (χ0) is 20.1. The molecule has 0 spiro atoms. The van der Waals surface area contributed by atoms with Gasteiger partial charge < -0.3 is 14.9 Å². The number of anilines is 1. The van der Waals surface area contributed by atoms with Crippen LogP contribution < -0.4 is 5.32 Å². The normalized spacial score (nSPS) is 12.5. The first-order valence-electron chi connectivity index (χ1n) is 9.26. The van der Waals surface area contributed by atoms with Crippen LogP contribution in [-0.4, -0.2) is 22.9 Å². The SMILES string of the molecule is CC(C)(CCO)[C@@H](OC(=O)Nc1ccccc1)c1ccc(O)c2ccccc12. The number of benzene rings is 3. The predicted octanol–water partition coefficient (Wildman–Crippen LogP) is 5.24. The Hall–Kier alpha value is -3.05. The minimum Gasteiger partial charge on any atom is -0.507 e. The van der Waals surface area contributed by atoms with E-state index in [9.17, 15) is 15.0 Å². The van der Waals surface area contributed by atoms with E-state index in [0.29, 0.717) is 17.5 Å². The molecule has 5 heteroatoms. The number of hydrogen-bond acceptors (Lipinski definition) is 4. The number of hydrogen-bond donors (Lipinski definition) is 3. The van der Waals surface area contributed by atoms with E-state index in [4.69, 9.17) is 4.74 Å². The molecular formula is C23H25NO4. The maximum Gasteiger partial charge on any atom is 0.412 e. The molecule has 3 aromatic rings. The van der Waals surface area contributed by atoms with E-state index < -0.39 is 17.6 Å². The van der Waals surface area contributed by atoms with Crippen molar-refractivity contribution in [3.63, 3.8) is 0 Å². The zero-order valence-corrected chi connectivity index (χ0v) is 16.1. The fourth-order valence-electron chi connectivity index (χ4n) is 3.37. The summed E-state index contributed by atoms with van der Waals surface area (Å²) in [4.78, 5) is 12.6. The summed E-state index contributed by atoms with van der Waals surface area (Å²) in [5.41, 5.74) is 0.902. The Morgan fingerprint density at radius 1 is 1.00 bits per heavy atom. The van der Waals surface area contributed by atoms with Gasteiger partial charge in [0.05, 0.1) is 0 Å². The first-order chi connectivity index (χ1) is 13.4. The molecule has 0 unspecified atom stereocenters. The molecule has 0 aliphatic rings. The van der Waals surface area contributed by atoms with E-state index in [0.717, 1.165) is 10.9 Å². The predicted molar refractivity (Wildman–Crippen MR) is 110 cm³/mol. The summed E-state index contributed by atoms with van der Waals surface area (Å²) in [5.74, 6) is 0.173. The van der Waals surface area contributed by atoms with E-state index in [1.54, 1.807) is 24.3 Å². The molecule has 0 heterocycles. The van der Waals surface area contributed by atoms with Crippen molar-refractivity contribution in [3.05, 3.63) is 72.3 Å². The summed E-state index contributed by atoms with van der Waals surface area (Å²) in [6.07, 6.45) is -0.737. The third kappa shape index (κ3) is 4.26. The summed E-state index contributed by atoms with van der Waals surface area (Å²) < 4.78 is 5.86. The van der Waals surface area contributed by atoms with Gasteiger partial charge in [-0.2, -0.15) is 0 Å². The highest BCUT2D eigenvalue weighted by Gasteiger charge is 2.35. The number of nitrogens with one attached hydrogen (secondary N) is 1. The van der Waals surface area contributed by atoms with E-state index in [-0.39, 0.29) is 12.4 Å². The number of aromatic hydroxyl groups is 1. The Morgan fingerprint density at radius 2 is 1.64 bits per heavy atom. The van der Waals surface area contributed by atoms with Crippen LogP contribution in [0.2, 0.25) is 0 Å². The second-order valence-corrected chi connectivity index (χ2v) is 7.46. The molecule has 1 atom stereocenters. The van der Waals surface area contributed by atoms with Crippen LogP contribution in [0.3, 0.4) is 0 Å². The van der Waals surface area contributed by atoms with Crippen molar-refractivity contribution in [1.29, 1.82) is 0 Å². The minimum atomic E-state index is -0.617. The van der Waals surface area contributed by atoms with Gasteiger partial charge in [-0.1, -0.05) is 62.4 Å². The van der Waals surface area contributed by atoms with Gasteiger partial charge in [-0.05, 0) is 30.0 Å². The van der Waals surface area contributed by atoms with Crippen LogP contribution in [0.15, 0.2) is 66.7 Å². The van der Waals surface area contributed by atoms with Gasteiger partial charge in [0.1, 0.15) is 11.9 Å². The fourth-order valence-corrected chi connectivity index (χ4v) is 3.37. The third-order valence-corrected chi connectivity index (χ3v) is 4.93. The number of ether oxygens (including phenoxy) is 1. The lowest BCUT2D eigenvalue weighted by Gasteiger charge is -2.34. The number of fused-ring (bicyclic) bond motifs is 1. The lowest BCUT2D eigenvalue weighted by molar-refractivity contribution is 0.0161. The number of carbonyl (C=O) groups is 1. The monoisotopic (exact) mass is 379 g/mol. The van der Waals surface area contributed by atoms with Gasteiger partial charge in [0.2, 0.25) is 0 Å². The van der Waals surface area contributed by atoms with Crippen LogP contribution in [-0.2, 0) is 4.74 Å². The van der Waals surface area contributed by atoms with E-state index in [2.05, 4.69) is 5.32 Å². The lowest BCUT2D eigenvalue weighted by Crippen LogP contribution is -2.30. The summed E-state index contributed by atoms with van der Waals surface area (Å²) in [6.45, 7) is 3.87. The van der Waals surface area contributed by atoms with Crippen molar-refractivity contribution in [2.45, 2.75) is 26.4 Å². The van der Waals surface area contributed by atoms with Crippen molar-refractivity contribution < 1.29 is 19.7 Å². The standard InChI is InChI=1S/C23H25NO4/c1-23(2,14-15-25)21(28-22(27)24-16-8-4-3-5-9-16)19-12-13-20(26)18-11-7-6-10-17(18)19/h3-13,21,25-26H,14-15H2,1-2H3,(H,24,27)/t21-/m0/s1. The quantitative estimate of drug-likeness (QED) is 0.547. The maximum absolute atomic E-state index is 12.6. The Labute approximate surface area is 164 Å². The molecule has 0 radical (unpaired) electrons. The number of rotatable bonds is 6. The highest BCUT2D eigenvalue weighted by molar-refractivity contribution is 5.91. The van der Waals surface area contributed by atoms with E-state index in [1.807, 2.05) is 56.3 Å². The summed E-state index contributed by atoms with van der Waals surface area (Å²) in [5, 5.41) is 24.0. The summed E-state index contributed by atoms with van der Waals surface area (Å²) >= 11 is 0. The van der Waals surface area contributed by atoms with E-state index >= 15 is 0 Å². The van der Waals surface area contributed by atoms with Gasteiger partial charge in [-0.25, -0.2) is 4.79 Å². The van der Waals surface area contributed by atoms with Crippen molar-refractivity contribution in [1.82, 2.24) is 0 Å². The van der Waals surface area contributed by atoms with Crippen molar-refractivity contribution >= 4 is 22.6 Å². The lowest BCUT2D eigenvalue weighted by atomic mass is 9.78. The first kappa shape index (κ1) is 19.7. The van der Waals surface area contributed by atoms with Gasteiger partial charge in [0, 0.05) is 28.7 Å². The minimum absolute atomic E-state index is 0.0246. The first-order valence-corrected chi connectivity index (χ1v) is 9.26. The van der Waals surface area contributed by atoms with Crippen LogP contribution in [0, 0.1) is 5.41 Å². The second kappa shape index (κ2) is 8.31. The number of carbonyl (C=O) groups excluding carboxylic acids is 1. The number of phenolic OH excluding ortho intramolecular Hbond substituents is 1. The van der Waals surface area contributed by atoms with Crippen LogP contribution in [0.4, 0.5) is 10.5 Å². The summed E-state index contributed by atoms with van der Waals surface area (Å²) in [6, 6.07) is 19.9. The Bertz CT molecular complexity index is 953. The number of aliphatic hydroxyl groups is 1. The molecule has 3 N–H and O–H groups in total. The van der Waals surface area contributed by atoms with E-state index in [1.165, 1.54) is 0 Å². The highest BCUT2D eigenvalue weighted by Crippen LogP contribution is 2.43. The third-order valence-electron chi connectivity index (χ3n) is 4.93. The van der Waals surface area contributed by atoms with Gasteiger partial charge in [-0.3, -0.25) is 5.32 Å². The molecule has 146 valence electrons. The van der Waals surface area contributed by atoms with Gasteiger partial charge in [0.25, 0.3) is 0 Å². The van der Waals surface area contributed by atoms with Crippen LogP contribution in [0.25, 0.3) is 10.8 Å². The molecule has 0 aliphatic heterocycles. The highest BCUT2D eigenvalue weighted by atomic mass is 16.6. The Morgan fingerprint density at radius 3 is 2.32 bits per heavy atom. The molecule has 28 heavy (non-hydrogen) atoms. The second-order valence-electron chi connectivity index (χ2n) is 7.46.